The SMILES string of the molecule is COC(=O)COC(C)CN. The van der Waals surface area contributed by atoms with E-state index in [1.54, 1.807) is 6.92 Å². The van der Waals surface area contributed by atoms with Crippen LogP contribution >= 0.6 is 0 Å². The molecule has 0 amide bonds. The lowest BCUT2D eigenvalue weighted by molar-refractivity contribution is -0.147. The van der Waals surface area contributed by atoms with Crippen LogP contribution in [-0.2, 0) is 14.3 Å². The smallest absolute Gasteiger partial charge is 0.331 e. The van der Waals surface area contributed by atoms with E-state index in [4.69, 9.17) is 10.5 Å². The number of nitrogens with two attached hydrogens (primary N) is 1. The average Bonchev–Trinajstić information content (AvgIpc) is 1.99. The van der Waals surface area contributed by atoms with E-state index in [0.29, 0.717) is 6.54 Å². The van der Waals surface area contributed by atoms with E-state index in [9.17, 15) is 4.79 Å². The van der Waals surface area contributed by atoms with Gasteiger partial charge in [-0.2, -0.15) is 0 Å². The molecule has 1 unspecified atom stereocenters. The average molecular weight is 147 g/mol. The largest absolute Gasteiger partial charge is 0.467 e. The Balaban J connectivity index is 3.26. The van der Waals surface area contributed by atoms with Crippen molar-refractivity contribution in [3.8, 4) is 0 Å². The van der Waals surface area contributed by atoms with Gasteiger partial charge in [-0.25, -0.2) is 4.79 Å². The first kappa shape index (κ1) is 9.39. The van der Waals surface area contributed by atoms with Gasteiger partial charge in [-0.15, -0.1) is 0 Å². The molecule has 2 N–H and O–H groups in total. The third-order valence-corrected chi connectivity index (χ3v) is 1.05. The summed E-state index contributed by atoms with van der Waals surface area (Å²) in [5, 5.41) is 0. The first-order valence-electron chi connectivity index (χ1n) is 3.09. The van der Waals surface area contributed by atoms with Crippen molar-refractivity contribution in [1.29, 1.82) is 0 Å². The molecule has 0 fully saturated rings. The summed E-state index contributed by atoms with van der Waals surface area (Å²) in [5.74, 6) is -0.375. The number of ether oxygens (including phenoxy) is 2. The van der Waals surface area contributed by atoms with Gasteiger partial charge in [0, 0.05) is 6.54 Å². The third kappa shape index (κ3) is 4.29. The van der Waals surface area contributed by atoms with Crippen molar-refractivity contribution in [2.75, 3.05) is 20.3 Å². The van der Waals surface area contributed by atoms with Crippen LogP contribution in [0.5, 0.6) is 0 Å². The molecule has 0 spiro atoms. The highest BCUT2D eigenvalue weighted by atomic mass is 16.6. The first-order valence-corrected chi connectivity index (χ1v) is 3.09. The Labute approximate surface area is 60.3 Å². The predicted molar refractivity (Wildman–Crippen MR) is 36.5 cm³/mol. The van der Waals surface area contributed by atoms with E-state index in [1.807, 2.05) is 0 Å². The van der Waals surface area contributed by atoms with Gasteiger partial charge < -0.3 is 15.2 Å². The first-order chi connectivity index (χ1) is 4.70. The molecule has 4 nitrogen and oxygen atoms in total. The zero-order valence-corrected chi connectivity index (χ0v) is 6.29. The van der Waals surface area contributed by atoms with E-state index < -0.39 is 0 Å². The summed E-state index contributed by atoms with van der Waals surface area (Å²) < 4.78 is 9.28. The number of carbonyl (C=O) groups excluding carboxylic acids is 1. The Morgan fingerprint density at radius 3 is 2.70 bits per heavy atom. The van der Waals surface area contributed by atoms with Gasteiger partial charge in [0.2, 0.25) is 0 Å². The van der Waals surface area contributed by atoms with Crippen molar-refractivity contribution in [3.63, 3.8) is 0 Å². The number of esters is 1. The summed E-state index contributed by atoms with van der Waals surface area (Å²) >= 11 is 0. The maximum atomic E-state index is 10.4. The van der Waals surface area contributed by atoms with Gasteiger partial charge in [0.15, 0.2) is 0 Å². The Kier molecular flexibility index (Phi) is 4.88. The maximum absolute atomic E-state index is 10.4. The van der Waals surface area contributed by atoms with Gasteiger partial charge in [-0.05, 0) is 6.92 Å². The zero-order chi connectivity index (χ0) is 7.98. The van der Waals surface area contributed by atoms with Gasteiger partial charge in [0.25, 0.3) is 0 Å². The monoisotopic (exact) mass is 147 g/mol. The van der Waals surface area contributed by atoms with Crippen LogP contribution in [0.25, 0.3) is 0 Å². The van der Waals surface area contributed by atoms with Crippen molar-refractivity contribution in [3.05, 3.63) is 0 Å². The fourth-order valence-corrected chi connectivity index (χ4v) is 0.337. The van der Waals surface area contributed by atoms with Crippen LogP contribution in [0.4, 0.5) is 0 Å². The van der Waals surface area contributed by atoms with Crippen molar-refractivity contribution >= 4 is 5.97 Å². The van der Waals surface area contributed by atoms with Gasteiger partial charge in [0.05, 0.1) is 13.2 Å². The summed E-state index contributed by atoms with van der Waals surface area (Å²) in [5.41, 5.74) is 5.22. The lowest BCUT2D eigenvalue weighted by atomic mass is 10.4. The Bertz CT molecular complexity index is 105. The van der Waals surface area contributed by atoms with Crippen LogP contribution in [0, 0.1) is 0 Å². The van der Waals surface area contributed by atoms with Crippen molar-refractivity contribution in [2.45, 2.75) is 13.0 Å². The van der Waals surface area contributed by atoms with Gasteiger partial charge in [-0.1, -0.05) is 0 Å². The second-order valence-corrected chi connectivity index (χ2v) is 1.93. The van der Waals surface area contributed by atoms with Crippen molar-refractivity contribution in [2.24, 2.45) is 5.73 Å². The maximum Gasteiger partial charge on any atom is 0.331 e. The lowest BCUT2D eigenvalue weighted by Crippen LogP contribution is -2.23. The molecule has 0 saturated heterocycles. The molecule has 0 aromatic rings. The molecule has 0 aliphatic heterocycles. The van der Waals surface area contributed by atoms with E-state index in [0.717, 1.165) is 0 Å². The molecular formula is C6H13NO3. The number of methoxy groups -OCH3 is 1. The normalized spacial score (nSPS) is 12.7. The third-order valence-electron chi connectivity index (χ3n) is 1.05. The van der Waals surface area contributed by atoms with Crippen LogP contribution in [0.15, 0.2) is 0 Å². The highest BCUT2D eigenvalue weighted by Crippen LogP contribution is 1.86. The summed E-state index contributed by atoms with van der Waals surface area (Å²) in [6.45, 7) is 2.19. The quantitative estimate of drug-likeness (QED) is 0.546. The minimum absolute atomic E-state index is 0.0190. The minimum Gasteiger partial charge on any atom is -0.467 e. The van der Waals surface area contributed by atoms with Gasteiger partial charge >= 0.3 is 5.97 Å². The molecule has 0 aliphatic rings. The highest BCUT2D eigenvalue weighted by Gasteiger charge is 2.03. The summed E-state index contributed by atoms with van der Waals surface area (Å²) in [6.07, 6.45) is -0.0842. The zero-order valence-electron chi connectivity index (χ0n) is 6.29. The van der Waals surface area contributed by atoms with Gasteiger partial charge in [0.1, 0.15) is 6.61 Å². The van der Waals surface area contributed by atoms with Crippen LogP contribution in [0.1, 0.15) is 6.92 Å². The minimum atomic E-state index is -0.375. The number of hydrogen-bond acceptors (Lipinski definition) is 4. The highest BCUT2D eigenvalue weighted by molar-refractivity contribution is 5.70. The molecule has 0 bridgehead atoms. The van der Waals surface area contributed by atoms with E-state index in [1.165, 1.54) is 7.11 Å². The van der Waals surface area contributed by atoms with Gasteiger partial charge in [-0.3, -0.25) is 0 Å². The van der Waals surface area contributed by atoms with Crippen LogP contribution in [0.3, 0.4) is 0 Å². The topological polar surface area (TPSA) is 61.5 Å². The Hall–Kier alpha value is -0.610. The lowest BCUT2D eigenvalue weighted by Gasteiger charge is -2.07. The molecular weight excluding hydrogens is 134 g/mol. The molecule has 0 aromatic carbocycles. The Morgan fingerprint density at radius 2 is 2.30 bits per heavy atom. The molecule has 60 valence electrons. The Morgan fingerprint density at radius 1 is 1.70 bits per heavy atom. The molecule has 0 radical (unpaired) electrons. The summed E-state index contributed by atoms with van der Waals surface area (Å²) in [4.78, 5) is 10.4. The van der Waals surface area contributed by atoms with E-state index >= 15 is 0 Å². The number of carbonyl (C=O) groups is 1. The molecule has 1 atom stereocenters. The molecule has 0 aromatic heterocycles. The fraction of sp³-hybridized carbons (Fsp3) is 0.833. The van der Waals surface area contributed by atoms with Crippen LogP contribution in [0.2, 0.25) is 0 Å². The number of hydrogen-bond donors (Lipinski definition) is 1. The number of rotatable bonds is 4. The molecule has 0 heterocycles. The molecule has 0 rings (SSSR count). The summed E-state index contributed by atoms with van der Waals surface area (Å²) in [6, 6.07) is 0. The second kappa shape index (κ2) is 5.20. The fourth-order valence-electron chi connectivity index (χ4n) is 0.337. The second-order valence-electron chi connectivity index (χ2n) is 1.93. The van der Waals surface area contributed by atoms with Crippen LogP contribution in [-0.4, -0.2) is 32.3 Å². The van der Waals surface area contributed by atoms with Crippen molar-refractivity contribution in [1.82, 2.24) is 0 Å². The molecule has 4 heteroatoms. The molecule has 10 heavy (non-hydrogen) atoms. The molecule has 0 aliphatic carbocycles. The predicted octanol–water partition coefficient (Wildman–Crippen LogP) is -0.477. The van der Waals surface area contributed by atoms with Crippen molar-refractivity contribution < 1.29 is 14.3 Å². The summed E-state index contributed by atoms with van der Waals surface area (Å²) in [7, 11) is 1.32. The standard InChI is InChI=1S/C6H13NO3/c1-5(3-7)10-4-6(8)9-2/h5H,3-4,7H2,1-2H3. The van der Waals surface area contributed by atoms with E-state index in [-0.39, 0.29) is 18.7 Å². The molecule has 0 saturated carbocycles. The van der Waals surface area contributed by atoms with Crippen LogP contribution < -0.4 is 5.73 Å². The van der Waals surface area contributed by atoms with E-state index in [2.05, 4.69) is 4.74 Å².